The van der Waals surface area contributed by atoms with Crippen LogP contribution in [0.1, 0.15) is 20.8 Å². The molecule has 3 rings (SSSR count). The lowest BCUT2D eigenvalue weighted by Crippen LogP contribution is -2.69. The summed E-state index contributed by atoms with van der Waals surface area (Å²) in [5.74, 6) is -1.25. The molecule has 9 N–H and O–H groups in total. The van der Waals surface area contributed by atoms with Gasteiger partial charge in [0.05, 0.1) is 19.3 Å². The second-order valence-corrected chi connectivity index (χ2v) is 10.3. The molecule has 42 heavy (non-hydrogen) atoms. The Morgan fingerprint density at radius 1 is 0.714 bits per heavy atom. The minimum absolute atomic E-state index is 0.414. The van der Waals surface area contributed by atoms with E-state index >= 15 is 0 Å². The first-order valence-electron chi connectivity index (χ1n) is 13.3. The van der Waals surface area contributed by atoms with E-state index in [-0.39, 0.29) is 0 Å². The average Bonchev–Trinajstić information content (AvgIpc) is 2.94. The van der Waals surface area contributed by atoms with Crippen molar-refractivity contribution in [1.82, 2.24) is 10.6 Å². The van der Waals surface area contributed by atoms with Gasteiger partial charge in [-0.15, -0.1) is 0 Å². The normalized spacial score (nSPS) is 44.3. The molecule has 3 saturated heterocycles. The van der Waals surface area contributed by atoms with Crippen LogP contribution in [-0.2, 0) is 42.8 Å². The summed E-state index contributed by atoms with van der Waals surface area (Å²) in [6.07, 6.45) is -19.5. The van der Waals surface area contributed by atoms with E-state index in [9.17, 15) is 50.1 Å². The molecule has 242 valence electrons. The summed E-state index contributed by atoms with van der Waals surface area (Å²) in [4.78, 5) is 34.8. The molecule has 3 aliphatic rings. The maximum absolute atomic E-state index is 12.0. The first kappa shape index (κ1) is 34.6. The molecule has 18 heteroatoms. The van der Waals surface area contributed by atoms with Crippen molar-refractivity contribution in [2.75, 3.05) is 19.8 Å². The van der Waals surface area contributed by atoms with Crippen molar-refractivity contribution < 1.29 is 78.6 Å². The van der Waals surface area contributed by atoms with Gasteiger partial charge in [0.2, 0.25) is 11.8 Å². The summed E-state index contributed by atoms with van der Waals surface area (Å²) in [6, 6.07) is -2.72. The summed E-state index contributed by atoms with van der Waals surface area (Å²) in [5, 5.41) is 77.7. The molecule has 2 amide bonds. The largest absolute Gasteiger partial charge is 0.394 e. The third kappa shape index (κ3) is 7.78. The molecule has 3 aliphatic heterocycles. The summed E-state index contributed by atoms with van der Waals surface area (Å²) >= 11 is 0. The minimum atomic E-state index is -1.76. The molecule has 0 saturated carbocycles. The number of aliphatic hydroxyl groups is 7. The number of aldehydes is 1. The van der Waals surface area contributed by atoms with Crippen LogP contribution in [0.5, 0.6) is 0 Å². The van der Waals surface area contributed by atoms with E-state index in [0.717, 1.165) is 13.8 Å². The Morgan fingerprint density at radius 2 is 1.26 bits per heavy atom. The van der Waals surface area contributed by atoms with Crippen LogP contribution in [0.25, 0.3) is 0 Å². The number of carbonyl (C=O) groups is 3. The third-order valence-corrected chi connectivity index (χ3v) is 7.17. The zero-order valence-corrected chi connectivity index (χ0v) is 23.2. The highest BCUT2D eigenvalue weighted by atomic mass is 16.8. The van der Waals surface area contributed by atoms with E-state index in [1.54, 1.807) is 0 Å². The van der Waals surface area contributed by atoms with Crippen LogP contribution >= 0.6 is 0 Å². The van der Waals surface area contributed by atoms with E-state index in [1.807, 2.05) is 0 Å². The fourth-order valence-corrected chi connectivity index (χ4v) is 5.05. The van der Waals surface area contributed by atoms with Crippen LogP contribution in [0.15, 0.2) is 0 Å². The van der Waals surface area contributed by atoms with Crippen molar-refractivity contribution in [1.29, 1.82) is 0 Å². The second kappa shape index (κ2) is 15.2. The molecule has 3 fully saturated rings. The third-order valence-electron chi connectivity index (χ3n) is 7.17. The maximum atomic E-state index is 12.0. The number of ether oxygens (including phenoxy) is 6. The fraction of sp³-hybridized carbons (Fsp3) is 0.875. The van der Waals surface area contributed by atoms with E-state index in [0.29, 0.717) is 6.29 Å². The van der Waals surface area contributed by atoms with Crippen LogP contribution < -0.4 is 10.6 Å². The van der Waals surface area contributed by atoms with Gasteiger partial charge in [-0.2, -0.15) is 0 Å². The van der Waals surface area contributed by atoms with Crippen LogP contribution in [0.2, 0.25) is 0 Å². The Morgan fingerprint density at radius 3 is 1.83 bits per heavy atom. The lowest BCUT2D eigenvalue weighted by Gasteiger charge is -2.49. The molecule has 0 aromatic heterocycles. The van der Waals surface area contributed by atoms with Crippen LogP contribution in [-0.4, -0.2) is 166 Å². The molecule has 15 unspecified atom stereocenters. The van der Waals surface area contributed by atoms with Gasteiger partial charge >= 0.3 is 0 Å². The zero-order valence-electron chi connectivity index (χ0n) is 23.2. The number of aliphatic hydroxyl groups excluding tert-OH is 7. The Bertz CT molecular complexity index is 914. The molecule has 0 bridgehead atoms. The van der Waals surface area contributed by atoms with Crippen molar-refractivity contribution in [3.8, 4) is 0 Å². The van der Waals surface area contributed by atoms with E-state index < -0.39 is 124 Å². The smallest absolute Gasteiger partial charge is 0.217 e. The van der Waals surface area contributed by atoms with E-state index in [2.05, 4.69) is 10.6 Å². The molecule has 0 radical (unpaired) electrons. The molecular formula is C24H40N2O16. The molecule has 3 heterocycles. The van der Waals surface area contributed by atoms with Gasteiger partial charge in [-0.25, -0.2) is 0 Å². The van der Waals surface area contributed by atoms with Gasteiger partial charge in [0.15, 0.2) is 18.9 Å². The highest BCUT2D eigenvalue weighted by Crippen LogP contribution is 2.33. The monoisotopic (exact) mass is 612 g/mol. The number of hydrogen-bond donors (Lipinski definition) is 9. The van der Waals surface area contributed by atoms with Gasteiger partial charge in [0.25, 0.3) is 0 Å². The van der Waals surface area contributed by atoms with E-state index in [4.69, 9.17) is 28.4 Å². The Hall–Kier alpha value is -1.91. The quantitative estimate of drug-likeness (QED) is 0.0982. The van der Waals surface area contributed by atoms with Gasteiger partial charge in [-0.1, -0.05) is 0 Å². The summed E-state index contributed by atoms with van der Waals surface area (Å²) in [5.41, 5.74) is 0. The van der Waals surface area contributed by atoms with E-state index in [1.165, 1.54) is 6.92 Å². The first-order chi connectivity index (χ1) is 19.8. The van der Waals surface area contributed by atoms with Crippen molar-refractivity contribution in [3.05, 3.63) is 0 Å². The standard InChI is InChI=1S/C24H40N2O16/c1-8-15(32)19(36)21(42-23-13(25-9(2)30)18(35)16(33)11(6-28)40-23)24(38-8)41-20-14(26-10(3)31)22(37-5-4-27)39-12(7-29)17(20)34/h4,8,11-24,28-29,32-36H,5-7H2,1-3H3,(H,25,30)(H,26,31). The highest BCUT2D eigenvalue weighted by Gasteiger charge is 2.54. The number of carbonyl (C=O) groups excluding carboxylic acids is 3. The van der Waals surface area contributed by atoms with Crippen molar-refractivity contribution in [3.63, 3.8) is 0 Å². The minimum Gasteiger partial charge on any atom is -0.394 e. The molecule has 18 nitrogen and oxygen atoms in total. The van der Waals surface area contributed by atoms with Crippen molar-refractivity contribution >= 4 is 18.1 Å². The SMILES string of the molecule is CC(=O)NC1C(OC2C(OC3C(O)C(CO)OC(OCC=O)C3NC(C)=O)OC(C)C(O)C2O)OC(CO)C(O)C1O. The van der Waals surface area contributed by atoms with Gasteiger partial charge in [0, 0.05) is 13.8 Å². The molecule has 0 aromatic carbocycles. The summed E-state index contributed by atoms with van der Waals surface area (Å²) < 4.78 is 34.1. The Balaban J connectivity index is 1.95. The molecule has 15 atom stereocenters. The lowest BCUT2D eigenvalue weighted by molar-refractivity contribution is -0.371. The van der Waals surface area contributed by atoms with Crippen molar-refractivity contribution in [2.24, 2.45) is 0 Å². The van der Waals surface area contributed by atoms with Gasteiger partial charge in [-0.05, 0) is 6.92 Å². The molecule has 0 aromatic rings. The van der Waals surface area contributed by atoms with Crippen LogP contribution in [0, 0.1) is 0 Å². The van der Waals surface area contributed by atoms with Gasteiger partial charge in [-0.3, -0.25) is 9.59 Å². The number of amides is 2. The predicted octanol–water partition coefficient (Wildman–Crippen LogP) is -6.03. The Kier molecular flexibility index (Phi) is 12.5. The molecular weight excluding hydrogens is 572 g/mol. The average molecular weight is 613 g/mol. The Labute approximate surface area is 240 Å². The molecule has 0 spiro atoms. The highest BCUT2D eigenvalue weighted by molar-refractivity contribution is 5.73. The van der Waals surface area contributed by atoms with Gasteiger partial charge in [0.1, 0.15) is 79.9 Å². The summed E-state index contributed by atoms with van der Waals surface area (Å²) in [7, 11) is 0. The second-order valence-electron chi connectivity index (χ2n) is 10.3. The van der Waals surface area contributed by atoms with Crippen LogP contribution in [0.4, 0.5) is 0 Å². The van der Waals surface area contributed by atoms with Gasteiger partial charge < -0.3 is 79.6 Å². The first-order valence-corrected chi connectivity index (χ1v) is 13.3. The topological polar surface area (TPSA) is 272 Å². The predicted molar refractivity (Wildman–Crippen MR) is 133 cm³/mol. The summed E-state index contributed by atoms with van der Waals surface area (Å²) in [6.45, 7) is 1.72. The number of hydrogen-bond acceptors (Lipinski definition) is 16. The lowest BCUT2D eigenvalue weighted by atomic mass is 9.94. The van der Waals surface area contributed by atoms with Crippen molar-refractivity contribution in [2.45, 2.75) is 113 Å². The number of rotatable bonds is 11. The van der Waals surface area contributed by atoms with Crippen LogP contribution in [0.3, 0.4) is 0 Å². The fourth-order valence-electron chi connectivity index (χ4n) is 5.05. The number of nitrogens with one attached hydrogen (secondary N) is 2. The molecule has 0 aliphatic carbocycles. The zero-order chi connectivity index (χ0) is 31.3. The maximum Gasteiger partial charge on any atom is 0.217 e.